The molecule has 0 radical (unpaired) electrons. The van der Waals surface area contributed by atoms with Gasteiger partial charge in [-0.2, -0.15) is 13.2 Å². The number of anilines is 1. The molecule has 4 heterocycles. The third-order valence-electron chi connectivity index (χ3n) is 6.19. The molecule has 2 fully saturated rings. The van der Waals surface area contributed by atoms with Crippen LogP contribution in [0, 0.1) is 0 Å². The minimum Gasteiger partial charge on any atom is -0.475 e. The Balaban J connectivity index is 0.000000426. The van der Waals surface area contributed by atoms with Gasteiger partial charge in [0, 0.05) is 51.0 Å². The van der Waals surface area contributed by atoms with Crippen LogP contribution in [-0.4, -0.2) is 102 Å². The number of carbonyl (C=O) groups is 2. The maximum absolute atomic E-state index is 13.0. The molecule has 1 aromatic carbocycles. The van der Waals surface area contributed by atoms with Crippen molar-refractivity contribution in [2.24, 2.45) is 0 Å². The van der Waals surface area contributed by atoms with Crippen molar-refractivity contribution < 1.29 is 37.1 Å². The second kappa shape index (κ2) is 11.3. The van der Waals surface area contributed by atoms with E-state index >= 15 is 0 Å². The molecule has 1 amide bonds. The lowest BCUT2D eigenvalue weighted by Crippen LogP contribution is -2.48. The van der Waals surface area contributed by atoms with Gasteiger partial charge < -0.3 is 29.1 Å². The summed E-state index contributed by atoms with van der Waals surface area (Å²) in [6.45, 7) is 9.28. The Morgan fingerprint density at radius 3 is 2.34 bits per heavy atom. The molecular formula is C24H28F3N5O5S. The van der Waals surface area contributed by atoms with Crippen molar-refractivity contribution in [2.75, 3.05) is 51.2 Å². The van der Waals surface area contributed by atoms with Gasteiger partial charge in [0.1, 0.15) is 15.6 Å². The number of nitrogens with zero attached hydrogens (tertiary/aromatic N) is 5. The van der Waals surface area contributed by atoms with Crippen LogP contribution >= 0.6 is 11.3 Å². The number of piperazine rings is 1. The Morgan fingerprint density at radius 2 is 1.74 bits per heavy atom. The van der Waals surface area contributed by atoms with Gasteiger partial charge in [-0.15, -0.1) is 11.3 Å². The second-order valence-electron chi connectivity index (χ2n) is 9.30. The Morgan fingerprint density at radius 1 is 1.11 bits per heavy atom. The smallest absolute Gasteiger partial charge is 0.475 e. The maximum Gasteiger partial charge on any atom is 0.490 e. The quantitative estimate of drug-likeness (QED) is 0.518. The molecule has 2 saturated heterocycles. The average molecular weight is 556 g/mol. The number of likely N-dealkylation sites (N-methyl/N-ethyl adjacent to an activating group) is 1. The molecule has 2 unspecified atom stereocenters. The normalized spacial score (nSPS) is 20.8. The number of benzene rings is 1. The number of ether oxygens (including phenoxy) is 1. The first-order valence-electron chi connectivity index (χ1n) is 12.0. The van der Waals surface area contributed by atoms with Crippen LogP contribution < -0.4 is 4.90 Å². The molecule has 2 aliphatic rings. The number of fused-ring (bicyclic) bond motifs is 1. The summed E-state index contributed by atoms with van der Waals surface area (Å²) in [6, 6.07) is 6.21. The third kappa shape index (κ3) is 6.42. The van der Waals surface area contributed by atoms with Crippen molar-refractivity contribution >= 4 is 39.9 Å². The molecule has 14 heteroatoms. The van der Waals surface area contributed by atoms with Gasteiger partial charge in [0.15, 0.2) is 5.58 Å². The first kappa shape index (κ1) is 27.8. The highest BCUT2D eigenvalue weighted by Gasteiger charge is 2.38. The molecule has 2 aliphatic heterocycles. The summed E-state index contributed by atoms with van der Waals surface area (Å²) in [5.74, 6) is -2.76. The first-order chi connectivity index (χ1) is 17.9. The Kier molecular flexibility index (Phi) is 8.23. The first-order valence-corrected chi connectivity index (χ1v) is 12.8. The van der Waals surface area contributed by atoms with E-state index in [0.29, 0.717) is 28.7 Å². The fourth-order valence-corrected chi connectivity index (χ4v) is 5.20. The van der Waals surface area contributed by atoms with Crippen molar-refractivity contribution in [1.29, 1.82) is 0 Å². The monoisotopic (exact) mass is 555 g/mol. The van der Waals surface area contributed by atoms with E-state index in [-0.39, 0.29) is 18.1 Å². The van der Waals surface area contributed by atoms with Crippen molar-refractivity contribution in [3.63, 3.8) is 0 Å². The molecule has 2 atom stereocenters. The SMILES string of the molecule is CC1CN(C(=O)c2cnc(-c3noc4cc(N5CCN(C)CC5)ccc34)s2)CC(C)O1.O=C(O)C(F)(F)F. The van der Waals surface area contributed by atoms with Gasteiger partial charge >= 0.3 is 12.1 Å². The fourth-order valence-electron chi connectivity index (χ4n) is 4.32. The molecule has 0 saturated carbocycles. The zero-order chi connectivity index (χ0) is 27.6. The van der Waals surface area contributed by atoms with Gasteiger partial charge in [-0.25, -0.2) is 9.78 Å². The van der Waals surface area contributed by atoms with Crippen LogP contribution in [0.1, 0.15) is 23.5 Å². The fraction of sp³-hybridized carbons (Fsp3) is 0.500. The van der Waals surface area contributed by atoms with Crippen molar-refractivity contribution in [2.45, 2.75) is 32.2 Å². The molecular weight excluding hydrogens is 527 g/mol. The number of carboxylic acids is 1. The lowest BCUT2D eigenvalue weighted by atomic mass is 10.1. The minimum atomic E-state index is -5.08. The predicted molar refractivity (Wildman–Crippen MR) is 134 cm³/mol. The van der Waals surface area contributed by atoms with Crippen LogP contribution in [0.5, 0.6) is 0 Å². The second-order valence-corrected chi connectivity index (χ2v) is 10.3. The number of morpholine rings is 1. The number of hydrogen-bond donors (Lipinski definition) is 1. The number of alkyl halides is 3. The summed E-state index contributed by atoms with van der Waals surface area (Å²) in [6.07, 6.45) is -3.37. The van der Waals surface area contributed by atoms with E-state index in [1.54, 1.807) is 6.20 Å². The summed E-state index contributed by atoms with van der Waals surface area (Å²) < 4.78 is 43.1. The Bertz CT molecular complexity index is 1280. The number of aliphatic carboxylic acids is 1. The number of carbonyl (C=O) groups excluding carboxylic acids is 1. The van der Waals surface area contributed by atoms with Gasteiger partial charge in [0.25, 0.3) is 5.91 Å². The summed E-state index contributed by atoms with van der Waals surface area (Å²) in [7, 11) is 2.15. The lowest BCUT2D eigenvalue weighted by Gasteiger charge is -2.34. The van der Waals surface area contributed by atoms with Crippen molar-refractivity contribution in [1.82, 2.24) is 19.9 Å². The van der Waals surface area contributed by atoms with Gasteiger partial charge in [0.2, 0.25) is 0 Å². The lowest BCUT2D eigenvalue weighted by molar-refractivity contribution is -0.192. The molecule has 0 spiro atoms. The van der Waals surface area contributed by atoms with E-state index < -0.39 is 12.1 Å². The minimum absolute atomic E-state index is 0.00379. The summed E-state index contributed by atoms with van der Waals surface area (Å²) in [5.41, 5.74) is 2.58. The van der Waals surface area contributed by atoms with E-state index in [1.165, 1.54) is 11.3 Å². The zero-order valence-corrected chi connectivity index (χ0v) is 21.9. The Hall–Kier alpha value is -3.23. The molecule has 1 N–H and O–H groups in total. The predicted octanol–water partition coefficient (Wildman–Crippen LogP) is 3.59. The molecule has 38 heavy (non-hydrogen) atoms. The topological polar surface area (TPSA) is 112 Å². The number of amides is 1. The third-order valence-corrected chi connectivity index (χ3v) is 7.18. The molecule has 0 aliphatic carbocycles. The number of hydrogen-bond acceptors (Lipinski definition) is 9. The number of thiazole rings is 1. The van der Waals surface area contributed by atoms with Gasteiger partial charge in [0.05, 0.1) is 23.8 Å². The van der Waals surface area contributed by atoms with Crippen LogP contribution in [-0.2, 0) is 9.53 Å². The summed E-state index contributed by atoms with van der Waals surface area (Å²) in [5, 5.41) is 13.0. The molecule has 0 bridgehead atoms. The van der Waals surface area contributed by atoms with Gasteiger partial charge in [-0.3, -0.25) is 4.79 Å². The molecule has 2 aromatic heterocycles. The maximum atomic E-state index is 13.0. The average Bonchev–Trinajstić information content (AvgIpc) is 3.50. The van der Waals surface area contributed by atoms with Crippen molar-refractivity contribution in [3.05, 3.63) is 29.3 Å². The Labute approximate surface area is 220 Å². The van der Waals surface area contributed by atoms with E-state index in [1.807, 2.05) is 30.9 Å². The number of aromatic nitrogens is 2. The van der Waals surface area contributed by atoms with Crippen LogP contribution in [0.15, 0.2) is 28.9 Å². The van der Waals surface area contributed by atoms with E-state index in [0.717, 1.165) is 42.8 Å². The number of rotatable bonds is 3. The summed E-state index contributed by atoms with van der Waals surface area (Å²) in [4.78, 5) is 33.5. The van der Waals surface area contributed by atoms with Gasteiger partial charge in [-0.05, 0) is 33.0 Å². The van der Waals surface area contributed by atoms with E-state index in [2.05, 4.69) is 33.1 Å². The van der Waals surface area contributed by atoms with Crippen LogP contribution in [0.2, 0.25) is 0 Å². The van der Waals surface area contributed by atoms with Crippen LogP contribution in [0.3, 0.4) is 0 Å². The number of carboxylic acid groups (broad SMARTS) is 1. The van der Waals surface area contributed by atoms with Gasteiger partial charge in [-0.1, -0.05) is 5.16 Å². The molecule has 3 aromatic rings. The highest BCUT2D eigenvalue weighted by molar-refractivity contribution is 7.17. The zero-order valence-electron chi connectivity index (χ0n) is 21.1. The van der Waals surface area contributed by atoms with E-state index in [4.69, 9.17) is 19.2 Å². The standard InChI is InChI=1S/C22H27N5O3S.C2HF3O2/c1-14-12-27(13-15(2)29-14)22(28)19-11-23-21(31-19)20-17-5-4-16(10-18(17)30-24-20)26-8-6-25(3)7-9-26;3-2(4,5)1(6)7/h4-5,10-11,14-15H,6-9,12-13H2,1-3H3;(H,6,7). The molecule has 10 nitrogen and oxygen atoms in total. The number of halogens is 3. The molecule has 5 rings (SSSR count). The highest BCUT2D eigenvalue weighted by atomic mass is 32.1. The van der Waals surface area contributed by atoms with Crippen LogP contribution in [0.4, 0.5) is 18.9 Å². The molecule has 206 valence electrons. The highest BCUT2D eigenvalue weighted by Crippen LogP contribution is 2.33. The summed E-state index contributed by atoms with van der Waals surface area (Å²) >= 11 is 1.36. The van der Waals surface area contributed by atoms with E-state index in [9.17, 15) is 18.0 Å². The van der Waals surface area contributed by atoms with Crippen LogP contribution in [0.25, 0.3) is 21.7 Å². The largest absolute Gasteiger partial charge is 0.490 e. The van der Waals surface area contributed by atoms with Crippen molar-refractivity contribution in [3.8, 4) is 10.7 Å².